The number of nitrogens with zero attached hydrogens (tertiary/aromatic N) is 1. The molecule has 5 heteroatoms. The van der Waals surface area contributed by atoms with E-state index < -0.39 is 0 Å². The molecule has 0 aromatic carbocycles. The highest BCUT2D eigenvalue weighted by atomic mass is 79.9. The van der Waals surface area contributed by atoms with Gasteiger partial charge in [0, 0.05) is 16.7 Å². The summed E-state index contributed by atoms with van der Waals surface area (Å²) in [6.07, 6.45) is 4.21. The summed E-state index contributed by atoms with van der Waals surface area (Å²) in [7, 11) is 0. The summed E-state index contributed by atoms with van der Waals surface area (Å²) < 4.78 is 2.88. The Morgan fingerprint density at radius 1 is 1.69 bits per heavy atom. The molecule has 0 atom stereocenters. The van der Waals surface area contributed by atoms with Crippen LogP contribution in [0.2, 0.25) is 0 Å². The Morgan fingerprint density at radius 3 is 2.92 bits per heavy atom. The number of amides is 1. The monoisotopic (exact) mass is 243 g/mol. The van der Waals surface area contributed by atoms with E-state index in [9.17, 15) is 4.79 Å². The molecular weight excluding hydrogens is 234 g/mol. The lowest BCUT2D eigenvalue weighted by atomic mass is 10.4. The van der Waals surface area contributed by atoms with Crippen LogP contribution in [0.15, 0.2) is 16.7 Å². The largest absolute Gasteiger partial charge is 0.339 e. The Bertz CT molecular complexity index is 343. The second-order valence-corrected chi connectivity index (χ2v) is 4.07. The third kappa shape index (κ3) is 1.62. The first-order chi connectivity index (χ1) is 6.22. The smallest absolute Gasteiger partial charge is 0.281 e. The topological polar surface area (TPSA) is 60.0 Å². The van der Waals surface area contributed by atoms with Crippen LogP contribution in [0, 0.1) is 0 Å². The predicted octanol–water partition coefficient (Wildman–Crippen LogP) is 1.19. The second kappa shape index (κ2) is 3.16. The first-order valence-corrected chi connectivity index (χ1v) is 4.90. The minimum Gasteiger partial charge on any atom is -0.339 e. The highest BCUT2D eigenvalue weighted by molar-refractivity contribution is 9.10. The molecule has 1 saturated carbocycles. The van der Waals surface area contributed by atoms with Crippen LogP contribution in [0.5, 0.6) is 0 Å². The molecule has 0 aliphatic heterocycles. The van der Waals surface area contributed by atoms with E-state index in [1.54, 1.807) is 6.07 Å². The van der Waals surface area contributed by atoms with Crippen molar-refractivity contribution < 1.29 is 4.79 Å². The minimum atomic E-state index is -0.238. The number of hydrogen-bond donors (Lipinski definition) is 2. The first-order valence-electron chi connectivity index (χ1n) is 4.10. The van der Waals surface area contributed by atoms with Crippen molar-refractivity contribution in [2.45, 2.75) is 18.9 Å². The van der Waals surface area contributed by atoms with Gasteiger partial charge in [-0.05, 0) is 34.8 Å². The van der Waals surface area contributed by atoms with Crippen LogP contribution >= 0.6 is 15.9 Å². The summed E-state index contributed by atoms with van der Waals surface area (Å²) >= 11 is 3.33. The van der Waals surface area contributed by atoms with E-state index in [0.717, 1.165) is 17.3 Å². The zero-order valence-corrected chi connectivity index (χ0v) is 8.54. The number of carbonyl (C=O) groups excluding carboxylic acids is 1. The Kier molecular flexibility index (Phi) is 2.13. The standard InChI is InChI=1S/C8H10BrN3O/c9-5-3-7(8(13)11-10)12(4-5)6-1-2-6/h3-4,6H,1-2,10H2,(H,11,13). The molecule has 1 amide bonds. The molecule has 3 N–H and O–H groups in total. The molecule has 2 rings (SSSR count). The van der Waals surface area contributed by atoms with Crippen molar-refractivity contribution in [2.75, 3.05) is 0 Å². The predicted molar refractivity (Wildman–Crippen MR) is 52.1 cm³/mol. The lowest BCUT2D eigenvalue weighted by Crippen LogP contribution is -2.31. The highest BCUT2D eigenvalue weighted by Gasteiger charge is 2.27. The second-order valence-electron chi connectivity index (χ2n) is 3.16. The molecule has 1 heterocycles. The first kappa shape index (κ1) is 8.77. The zero-order chi connectivity index (χ0) is 9.42. The Morgan fingerprint density at radius 2 is 2.38 bits per heavy atom. The van der Waals surface area contributed by atoms with E-state index >= 15 is 0 Å². The summed E-state index contributed by atoms with van der Waals surface area (Å²) in [5, 5.41) is 0. The van der Waals surface area contributed by atoms with Crippen LogP contribution in [-0.4, -0.2) is 10.5 Å². The molecule has 70 valence electrons. The van der Waals surface area contributed by atoms with Crippen molar-refractivity contribution in [3.05, 3.63) is 22.4 Å². The van der Waals surface area contributed by atoms with Gasteiger partial charge in [0.15, 0.2) is 0 Å². The van der Waals surface area contributed by atoms with Gasteiger partial charge in [0.2, 0.25) is 0 Å². The highest BCUT2D eigenvalue weighted by Crippen LogP contribution is 2.37. The fourth-order valence-electron chi connectivity index (χ4n) is 1.36. The van der Waals surface area contributed by atoms with Gasteiger partial charge in [-0.25, -0.2) is 5.84 Å². The van der Waals surface area contributed by atoms with E-state index in [-0.39, 0.29) is 5.91 Å². The summed E-state index contributed by atoms with van der Waals surface area (Å²) in [4.78, 5) is 11.3. The summed E-state index contributed by atoms with van der Waals surface area (Å²) in [6.45, 7) is 0. The maximum absolute atomic E-state index is 11.3. The molecule has 1 aromatic rings. The van der Waals surface area contributed by atoms with Gasteiger partial charge in [0.25, 0.3) is 5.91 Å². The molecule has 4 nitrogen and oxygen atoms in total. The average molecular weight is 244 g/mol. The number of hydrazine groups is 1. The lowest BCUT2D eigenvalue weighted by Gasteiger charge is -2.04. The molecule has 1 aliphatic rings. The molecular formula is C8H10BrN3O. The van der Waals surface area contributed by atoms with Gasteiger partial charge in [-0.2, -0.15) is 0 Å². The van der Waals surface area contributed by atoms with Crippen molar-refractivity contribution >= 4 is 21.8 Å². The van der Waals surface area contributed by atoms with Gasteiger partial charge in [-0.3, -0.25) is 10.2 Å². The lowest BCUT2D eigenvalue weighted by molar-refractivity contribution is 0.0944. The number of nitrogens with one attached hydrogen (secondary N) is 1. The van der Waals surface area contributed by atoms with Crippen LogP contribution in [0.3, 0.4) is 0 Å². The number of halogens is 1. The van der Waals surface area contributed by atoms with E-state index in [1.807, 2.05) is 10.8 Å². The molecule has 0 saturated heterocycles. The van der Waals surface area contributed by atoms with Crippen LogP contribution in [0.25, 0.3) is 0 Å². The van der Waals surface area contributed by atoms with Crippen molar-refractivity contribution in [3.8, 4) is 0 Å². The molecule has 0 radical (unpaired) electrons. The van der Waals surface area contributed by atoms with Crippen LogP contribution in [0.1, 0.15) is 29.4 Å². The van der Waals surface area contributed by atoms with Crippen LogP contribution in [-0.2, 0) is 0 Å². The van der Waals surface area contributed by atoms with Gasteiger partial charge in [-0.15, -0.1) is 0 Å². The van der Waals surface area contributed by atoms with Crippen molar-refractivity contribution in [3.63, 3.8) is 0 Å². The number of hydrogen-bond acceptors (Lipinski definition) is 2. The Hall–Kier alpha value is -0.810. The maximum atomic E-state index is 11.3. The Balaban J connectivity index is 2.36. The maximum Gasteiger partial charge on any atom is 0.281 e. The van der Waals surface area contributed by atoms with Gasteiger partial charge >= 0.3 is 0 Å². The molecule has 1 aliphatic carbocycles. The van der Waals surface area contributed by atoms with Crippen LogP contribution in [0.4, 0.5) is 0 Å². The third-order valence-electron chi connectivity index (χ3n) is 2.12. The normalized spacial score (nSPS) is 15.8. The average Bonchev–Trinajstić information content (AvgIpc) is 2.89. The number of nitrogen functional groups attached to an aromatic ring is 1. The minimum absolute atomic E-state index is 0.238. The van der Waals surface area contributed by atoms with Gasteiger partial charge in [0.05, 0.1) is 0 Å². The van der Waals surface area contributed by atoms with Gasteiger partial charge in [0.1, 0.15) is 5.69 Å². The number of carbonyl (C=O) groups is 1. The number of rotatable bonds is 2. The molecule has 1 fully saturated rings. The van der Waals surface area contributed by atoms with Crippen molar-refractivity contribution in [1.29, 1.82) is 0 Å². The van der Waals surface area contributed by atoms with Gasteiger partial charge in [-0.1, -0.05) is 0 Å². The van der Waals surface area contributed by atoms with E-state index in [2.05, 4.69) is 21.4 Å². The summed E-state index contributed by atoms with van der Waals surface area (Å²) in [5.74, 6) is 4.84. The van der Waals surface area contributed by atoms with E-state index in [1.165, 1.54) is 0 Å². The third-order valence-corrected chi connectivity index (χ3v) is 2.55. The molecule has 13 heavy (non-hydrogen) atoms. The van der Waals surface area contributed by atoms with Crippen molar-refractivity contribution in [2.24, 2.45) is 5.84 Å². The van der Waals surface area contributed by atoms with Crippen LogP contribution < -0.4 is 11.3 Å². The number of aromatic nitrogens is 1. The molecule has 0 bridgehead atoms. The van der Waals surface area contributed by atoms with E-state index in [4.69, 9.17) is 5.84 Å². The van der Waals surface area contributed by atoms with E-state index in [0.29, 0.717) is 11.7 Å². The van der Waals surface area contributed by atoms with Crippen molar-refractivity contribution in [1.82, 2.24) is 9.99 Å². The molecule has 1 aromatic heterocycles. The van der Waals surface area contributed by atoms with Gasteiger partial charge < -0.3 is 4.57 Å². The Labute approximate surface area is 84.2 Å². The SMILES string of the molecule is NNC(=O)c1cc(Br)cn1C1CC1. The fourth-order valence-corrected chi connectivity index (χ4v) is 1.79. The fraction of sp³-hybridized carbons (Fsp3) is 0.375. The molecule has 0 spiro atoms. The number of nitrogens with two attached hydrogens (primary N) is 1. The zero-order valence-electron chi connectivity index (χ0n) is 6.96. The summed E-state index contributed by atoms with van der Waals surface area (Å²) in [6, 6.07) is 2.26. The quantitative estimate of drug-likeness (QED) is 0.466. The molecule has 0 unspecified atom stereocenters. The summed E-state index contributed by atoms with van der Waals surface area (Å²) in [5.41, 5.74) is 2.76.